The molecular weight excluding hydrogens is 278 g/mol. The second-order valence-corrected chi connectivity index (χ2v) is 6.54. The molecule has 4 rings (SSSR count). The molecule has 0 bridgehead atoms. The molecule has 1 heteroatoms. The Bertz CT molecular complexity index is 802. The lowest BCUT2D eigenvalue weighted by Gasteiger charge is -2.20. The zero-order valence-corrected chi connectivity index (χ0v) is 13.7. The lowest BCUT2D eigenvalue weighted by molar-refractivity contribution is 0.401. The number of rotatable bonds is 3. The lowest BCUT2D eigenvalue weighted by Crippen LogP contribution is -2.14. The summed E-state index contributed by atoms with van der Waals surface area (Å²) >= 11 is 0. The molecule has 0 atom stereocenters. The van der Waals surface area contributed by atoms with Gasteiger partial charge in [-0.1, -0.05) is 72.8 Å². The largest absolute Gasteiger partial charge is 0.305 e. The summed E-state index contributed by atoms with van der Waals surface area (Å²) in [4.78, 5) is 2.24. The second kappa shape index (κ2) is 5.68. The van der Waals surface area contributed by atoms with Gasteiger partial charge in [0.2, 0.25) is 0 Å². The van der Waals surface area contributed by atoms with Gasteiger partial charge in [-0.15, -0.1) is 0 Å². The van der Waals surface area contributed by atoms with Crippen LogP contribution < -0.4 is 0 Å². The minimum absolute atomic E-state index is 0.346. The highest BCUT2D eigenvalue weighted by Gasteiger charge is 2.30. The zero-order chi connectivity index (χ0) is 15.8. The molecule has 0 radical (unpaired) electrons. The molecule has 0 spiro atoms. The van der Waals surface area contributed by atoms with Gasteiger partial charge < -0.3 is 4.90 Å². The maximum absolute atomic E-state index is 2.29. The van der Waals surface area contributed by atoms with Crippen LogP contribution in [0.3, 0.4) is 0 Å². The van der Waals surface area contributed by atoms with Gasteiger partial charge in [0.05, 0.1) is 0 Å². The van der Waals surface area contributed by atoms with Crippen LogP contribution in [0.4, 0.5) is 0 Å². The standard InChI is InChI=1S/C22H21N/c1-23(2)15-16-9-3-4-10-17(16)22-20-13-7-5-11-18(20)19-12-6-8-14-21(19)22/h3-14,22H,15H2,1-2H3. The van der Waals surface area contributed by atoms with E-state index >= 15 is 0 Å². The van der Waals surface area contributed by atoms with Gasteiger partial charge in [0.15, 0.2) is 0 Å². The van der Waals surface area contributed by atoms with Crippen LogP contribution in [0.15, 0.2) is 72.8 Å². The molecule has 0 aromatic heterocycles. The first-order valence-electron chi connectivity index (χ1n) is 8.16. The minimum atomic E-state index is 0.346. The normalized spacial score (nSPS) is 13.2. The zero-order valence-electron chi connectivity index (χ0n) is 13.7. The van der Waals surface area contributed by atoms with Crippen molar-refractivity contribution >= 4 is 0 Å². The van der Waals surface area contributed by atoms with Crippen LogP contribution >= 0.6 is 0 Å². The maximum atomic E-state index is 2.29. The fraction of sp³-hybridized carbons (Fsp3) is 0.182. The monoisotopic (exact) mass is 299 g/mol. The van der Waals surface area contributed by atoms with Gasteiger partial charge in [-0.3, -0.25) is 0 Å². The molecule has 0 N–H and O–H groups in total. The van der Waals surface area contributed by atoms with E-state index in [0.29, 0.717) is 5.92 Å². The van der Waals surface area contributed by atoms with Crippen LogP contribution in [0.5, 0.6) is 0 Å². The number of hydrogen-bond donors (Lipinski definition) is 0. The molecule has 0 unspecified atom stereocenters. The Labute approximate surface area is 138 Å². The third-order valence-electron chi connectivity index (χ3n) is 4.69. The fourth-order valence-electron chi connectivity index (χ4n) is 3.79. The Kier molecular flexibility index (Phi) is 3.51. The van der Waals surface area contributed by atoms with Crippen molar-refractivity contribution in [2.75, 3.05) is 14.1 Å². The highest BCUT2D eigenvalue weighted by molar-refractivity contribution is 5.80. The molecule has 0 saturated carbocycles. The van der Waals surface area contributed by atoms with Crippen molar-refractivity contribution in [3.05, 3.63) is 95.1 Å². The molecule has 1 aliphatic rings. The third kappa shape index (κ3) is 2.38. The summed E-state index contributed by atoms with van der Waals surface area (Å²) in [6.07, 6.45) is 0. The quantitative estimate of drug-likeness (QED) is 0.519. The van der Waals surface area contributed by atoms with Crippen LogP contribution in [0.25, 0.3) is 11.1 Å². The molecule has 0 aliphatic heterocycles. The SMILES string of the molecule is CN(C)Cc1ccccc1C1c2ccccc2-c2ccccc21. The smallest absolute Gasteiger partial charge is 0.0355 e. The van der Waals surface area contributed by atoms with E-state index in [1.165, 1.54) is 33.4 Å². The molecule has 0 saturated heterocycles. The summed E-state index contributed by atoms with van der Waals surface area (Å²) in [5, 5.41) is 0. The Morgan fingerprint density at radius 1 is 0.652 bits per heavy atom. The van der Waals surface area contributed by atoms with Gasteiger partial charge in [-0.25, -0.2) is 0 Å². The van der Waals surface area contributed by atoms with Crippen LogP contribution in [0.1, 0.15) is 28.2 Å². The summed E-state index contributed by atoms with van der Waals surface area (Å²) in [6.45, 7) is 0.969. The van der Waals surface area contributed by atoms with E-state index in [1.807, 2.05) is 0 Å². The van der Waals surface area contributed by atoms with Crippen LogP contribution in [0, 0.1) is 0 Å². The summed E-state index contributed by atoms with van der Waals surface area (Å²) < 4.78 is 0. The molecule has 0 amide bonds. The molecule has 1 aliphatic carbocycles. The molecule has 0 heterocycles. The first-order chi connectivity index (χ1) is 11.3. The van der Waals surface area contributed by atoms with Crippen molar-refractivity contribution in [2.45, 2.75) is 12.5 Å². The van der Waals surface area contributed by atoms with Crippen molar-refractivity contribution in [2.24, 2.45) is 0 Å². The van der Waals surface area contributed by atoms with E-state index in [-0.39, 0.29) is 0 Å². The molecule has 3 aromatic carbocycles. The second-order valence-electron chi connectivity index (χ2n) is 6.54. The van der Waals surface area contributed by atoms with E-state index < -0.39 is 0 Å². The van der Waals surface area contributed by atoms with Crippen LogP contribution in [-0.4, -0.2) is 19.0 Å². The summed E-state index contributed by atoms with van der Waals surface area (Å²) in [5.41, 5.74) is 8.47. The van der Waals surface area contributed by atoms with Crippen LogP contribution in [-0.2, 0) is 6.54 Å². The van der Waals surface area contributed by atoms with E-state index in [9.17, 15) is 0 Å². The number of benzene rings is 3. The highest BCUT2D eigenvalue weighted by atomic mass is 15.0. The fourth-order valence-corrected chi connectivity index (χ4v) is 3.79. The van der Waals surface area contributed by atoms with Gasteiger partial charge in [0.1, 0.15) is 0 Å². The predicted octanol–water partition coefficient (Wildman–Crippen LogP) is 4.91. The first kappa shape index (κ1) is 14.2. The van der Waals surface area contributed by atoms with Gasteiger partial charge >= 0.3 is 0 Å². The topological polar surface area (TPSA) is 3.24 Å². The first-order valence-corrected chi connectivity index (χ1v) is 8.16. The Morgan fingerprint density at radius 2 is 1.13 bits per heavy atom. The Balaban J connectivity index is 1.93. The molecule has 23 heavy (non-hydrogen) atoms. The Morgan fingerprint density at radius 3 is 1.70 bits per heavy atom. The Hall–Kier alpha value is -2.38. The molecule has 114 valence electrons. The van der Waals surface area contributed by atoms with Crippen LogP contribution in [0.2, 0.25) is 0 Å². The number of nitrogens with zero attached hydrogens (tertiary/aromatic N) is 1. The van der Waals surface area contributed by atoms with E-state index in [1.54, 1.807) is 0 Å². The van der Waals surface area contributed by atoms with Gasteiger partial charge in [-0.05, 0) is 47.5 Å². The summed E-state index contributed by atoms with van der Waals surface area (Å²) in [7, 11) is 4.26. The molecule has 3 aromatic rings. The van der Waals surface area contributed by atoms with E-state index in [4.69, 9.17) is 0 Å². The molecular formula is C22H21N. The van der Waals surface area contributed by atoms with Gasteiger partial charge in [-0.2, -0.15) is 0 Å². The van der Waals surface area contributed by atoms with E-state index in [2.05, 4.69) is 91.8 Å². The summed E-state index contributed by atoms with van der Waals surface area (Å²) in [5.74, 6) is 0.346. The maximum Gasteiger partial charge on any atom is 0.0355 e. The predicted molar refractivity (Wildman–Crippen MR) is 96.7 cm³/mol. The van der Waals surface area contributed by atoms with Crippen molar-refractivity contribution in [3.63, 3.8) is 0 Å². The lowest BCUT2D eigenvalue weighted by atomic mass is 9.86. The van der Waals surface area contributed by atoms with Crippen molar-refractivity contribution in [1.82, 2.24) is 4.90 Å². The van der Waals surface area contributed by atoms with Gasteiger partial charge in [0.25, 0.3) is 0 Å². The number of fused-ring (bicyclic) bond motifs is 3. The van der Waals surface area contributed by atoms with Gasteiger partial charge in [0, 0.05) is 12.5 Å². The van der Waals surface area contributed by atoms with E-state index in [0.717, 1.165) is 6.54 Å². The highest BCUT2D eigenvalue weighted by Crippen LogP contribution is 2.48. The van der Waals surface area contributed by atoms with Crippen molar-refractivity contribution in [1.29, 1.82) is 0 Å². The number of hydrogen-bond acceptors (Lipinski definition) is 1. The molecule has 1 nitrogen and oxygen atoms in total. The average molecular weight is 299 g/mol. The van der Waals surface area contributed by atoms with Crippen molar-refractivity contribution < 1.29 is 0 Å². The minimum Gasteiger partial charge on any atom is -0.305 e. The average Bonchev–Trinajstić information content (AvgIpc) is 2.90. The molecule has 0 fully saturated rings. The third-order valence-corrected chi connectivity index (χ3v) is 4.69. The van der Waals surface area contributed by atoms with Crippen molar-refractivity contribution in [3.8, 4) is 11.1 Å². The summed E-state index contributed by atoms with van der Waals surface area (Å²) in [6, 6.07) is 26.5.